The van der Waals surface area contributed by atoms with Crippen molar-refractivity contribution in [2.45, 2.75) is 6.92 Å². The first kappa shape index (κ1) is 26.3. The lowest BCUT2D eigenvalue weighted by Gasteiger charge is -2.10. The average molecular weight is 508 g/mol. The highest BCUT2D eigenvalue weighted by atomic mass is 35.5. The molecule has 8 nitrogen and oxygen atoms in total. The minimum Gasteiger partial charge on any atom is -0.493 e. The molecule has 186 valence electrons. The quantitative estimate of drug-likeness (QED) is 0.216. The first-order valence-electron chi connectivity index (χ1n) is 10.9. The minimum atomic E-state index is -0.425. The Morgan fingerprint density at radius 3 is 2.44 bits per heavy atom. The number of nitrogens with zero attached hydrogens (tertiary/aromatic N) is 1. The molecule has 9 heteroatoms. The number of hydrogen-bond acceptors (Lipinski definition) is 6. The number of halogens is 1. The van der Waals surface area contributed by atoms with Gasteiger partial charge in [-0.05, 0) is 61.0 Å². The number of benzene rings is 3. The summed E-state index contributed by atoms with van der Waals surface area (Å²) in [4.78, 5) is 24.5. The van der Waals surface area contributed by atoms with E-state index in [-0.39, 0.29) is 12.5 Å². The van der Waals surface area contributed by atoms with E-state index in [9.17, 15) is 9.59 Å². The van der Waals surface area contributed by atoms with Crippen molar-refractivity contribution in [1.82, 2.24) is 5.43 Å². The topological polar surface area (TPSA) is 98.3 Å². The lowest BCUT2D eigenvalue weighted by atomic mass is 10.2. The molecular formula is C27H26ClN3O5. The second kappa shape index (κ2) is 13.0. The Labute approximate surface area is 214 Å². The number of carbonyl (C=O) groups is 2. The standard InChI is InChI=1S/C27H26ClN3O5/c1-4-13-35-24-12-8-20(15-25(24)34-3)27(33)31-29-16-19-7-11-23(22(28)14-19)36-17-26(32)30-21-9-5-18(2)6-10-21/h4-12,14-16H,1,13,17H2,2-3H3,(H,30,32)(H,31,33)/b29-16+. The van der Waals surface area contributed by atoms with Crippen LogP contribution >= 0.6 is 11.6 Å². The molecule has 3 rings (SSSR count). The molecule has 0 bridgehead atoms. The summed E-state index contributed by atoms with van der Waals surface area (Å²) in [7, 11) is 1.49. The number of amides is 2. The molecule has 0 aromatic heterocycles. The van der Waals surface area contributed by atoms with E-state index in [1.807, 2.05) is 31.2 Å². The van der Waals surface area contributed by atoms with E-state index in [0.717, 1.165) is 5.56 Å². The monoisotopic (exact) mass is 507 g/mol. The largest absolute Gasteiger partial charge is 0.493 e. The van der Waals surface area contributed by atoms with Crippen molar-refractivity contribution in [3.05, 3.63) is 95.0 Å². The normalized spacial score (nSPS) is 10.5. The molecule has 0 heterocycles. The van der Waals surface area contributed by atoms with Gasteiger partial charge in [0.1, 0.15) is 12.4 Å². The van der Waals surface area contributed by atoms with E-state index in [2.05, 4.69) is 22.4 Å². The van der Waals surface area contributed by atoms with Gasteiger partial charge in [-0.3, -0.25) is 9.59 Å². The van der Waals surface area contributed by atoms with Crippen LogP contribution in [0, 0.1) is 6.92 Å². The van der Waals surface area contributed by atoms with E-state index in [1.54, 1.807) is 42.5 Å². The van der Waals surface area contributed by atoms with E-state index in [0.29, 0.717) is 45.7 Å². The van der Waals surface area contributed by atoms with Gasteiger partial charge in [0.25, 0.3) is 11.8 Å². The highest BCUT2D eigenvalue weighted by Crippen LogP contribution is 2.28. The fraction of sp³-hybridized carbons (Fsp3) is 0.148. The Bertz CT molecular complexity index is 1260. The average Bonchev–Trinajstić information content (AvgIpc) is 2.88. The Kier molecular flexibility index (Phi) is 9.48. The number of hydrazone groups is 1. The van der Waals surface area contributed by atoms with E-state index in [4.69, 9.17) is 25.8 Å². The van der Waals surface area contributed by atoms with Gasteiger partial charge in [0.2, 0.25) is 0 Å². The van der Waals surface area contributed by atoms with Gasteiger partial charge in [0, 0.05) is 11.3 Å². The number of ether oxygens (including phenoxy) is 3. The third kappa shape index (κ3) is 7.61. The lowest BCUT2D eigenvalue weighted by Crippen LogP contribution is -2.20. The van der Waals surface area contributed by atoms with Crippen molar-refractivity contribution in [3.63, 3.8) is 0 Å². The molecule has 2 N–H and O–H groups in total. The van der Waals surface area contributed by atoms with Gasteiger partial charge >= 0.3 is 0 Å². The molecule has 2 amide bonds. The first-order chi connectivity index (χ1) is 17.4. The van der Waals surface area contributed by atoms with Crippen molar-refractivity contribution in [2.75, 3.05) is 25.6 Å². The molecule has 0 atom stereocenters. The molecule has 0 saturated carbocycles. The lowest BCUT2D eigenvalue weighted by molar-refractivity contribution is -0.118. The van der Waals surface area contributed by atoms with Crippen LogP contribution in [0.15, 0.2) is 78.4 Å². The molecule has 0 fully saturated rings. The SMILES string of the molecule is C=CCOc1ccc(C(=O)N/N=C/c2ccc(OCC(=O)Nc3ccc(C)cc3)c(Cl)c2)cc1OC. The first-order valence-corrected chi connectivity index (χ1v) is 11.3. The second-order valence-electron chi connectivity index (χ2n) is 7.56. The zero-order chi connectivity index (χ0) is 25.9. The third-order valence-electron chi connectivity index (χ3n) is 4.81. The molecular weight excluding hydrogens is 482 g/mol. The minimum absolute atomic E-state index is 0.196. The van der Waals surface area contributed by atoms with Gasteiger partial charge in [-0.15, -0.1) is 0 Å². The van der Waals surface area contributed by atoms with Gasteiger partial charge in [0.05, 0.1) is 18.3 Å². The predicted octanol–water partition coefficient (Wildman–Crippen LogP) is 5.00. The molecule has 0 aliphatic rings. The molecule has 36 heavy (non-hydrogen) atoms. The van der Waals surface area contributed by atoms with Crippen LogP contribution in [-0.4, -0.2) is 38.4 Å². The Balaban J connectivity index is 1.53. The van der Waals surface area contributed by atoms with Crippen molar-refractivity contribution < 1.29 is 23.8 Å². The summed E-state index contributed by atoms with van der Waals surface area (Å²) in [6, 6.07) is 17.2. The summed E-state index contributed by atoms with van der Waals surface area (Å²) in [5.41, 5.74) is 5.21. The highest BCUT2D eigenvalue weighted by molar-refractivity contribution is 6.32. The highest BCUT2D eigenvalue weighted by Gasteiger charge is 2.11. The van der Waals surface area contributed by atoms with Gasteiger partial charge in [-0.25, -0.2) is 5.43 Å². The van der Waals surface area contributed by atoms with Crippen LogP contribution in [0.2, 0.25) is 5.02 Å². The molecule has 0 saturated heterocycles. The maximum atomic E-state index is 12.4. The van der Waals surface area contributed by atoms with Crippen LogP contribution in [-0.2, 0) is 4.79 Å². The van der Waals surface area contributed by atoms with Crippen molar-refractivity contribution in [1.29, 1.82) is 0 Å². The van der Waals surface area contributed by atoms with E-state index >= 15 is 0 Å². The summed E-state index contributed by atoms with van der Waals surface area (Å²) < 4.78 is 16.3. The third-order valence-corrected chi connectivity index (χ3v) is 5.11. The molecule has 3 aromatic carbocycles. The van der Waals surface area contributed by atoms with E-state index < -0.39 is 5.91 Å². The number of rotatable bonds is 11. The number of hydrogen-bond donors (Lipinski definition) is 2. The molecule has 0 radical (unpaired) electrons. The van der Waals surface area contributed by atoms with Crippen molar-refractivity contribution in [2.24, 2.45) is 5.10 Å². The van der Waals surface area contributed by atoms with Gasteiger partial charge < -0.3 is 19.5 Å². The Morgan fingerprint density at radius 2 is 1.75 bits per heavy atom. The van der Waals surface area contributed by atoms with Crippen molar-refractivity contribution in [3.8, 4) is 17.2 Å². The Morgan fingerprint density at radius 1 is 1.00 bits per heavy atom. The number of methoxy groups -OCH3 is 1. The van der Waals surface area contributed by atoms with Gasteiger partial charge in [-0.2, -0.15) is 5.10 Å². The van der Waals surface area contributed by atoms with Crippen LogP contribution in [0.25, 0.3) is 0 Å². The van der Waals surface area contributed by atoms with Gasteiger partial charge in [0.15, 0.2) is 18.1 Å². The van der Waals surface area contributed by atoms with Crippen LogP contribution in [0.1, 0.15) is 21.5 Å². The summed E-state index contributed by atoms with van der Waals surface area (Å²) in [6.07, 6.45) is 3.06. The zero-order valence-corrected chi connectivity index (χ0v) is 20.7. The molecule has 0 aliphatic heterocycles. The number of nitrogens with one attached hydrogen (secondary N) is 2. The van der Waals surface area contributed by atoms with Crippen molar-refractivity contribution >= 4 is 35.3 Å². The summed E-state index contributed by atoms with van der Waals surface area (Å²) in [6.45, 7) is 5.69. The number of anilines is 1. The molecule has 0 spiro atoms. The maximum Gasteiger partial charge on any atom is 0.271 e. The summed E-state index contributed by atoms with van der Waals surface area (Å²) in [5.74, 6) is 0.541. The fourth-order valence-electron chi connectivity index (χ4n) is 3.00. The maximum absolute atomic E-state index is 12.4. The molecule has 3 aromatic rings. The number of carbonyl (C=O) groups excluding carboxylic acids is 2. The van der Waals surface area contributed by atoms with Gasteiger partial charge in [-0.1, -0.05) is 42.0 Å². The smallest absolute Gasteiger partial charge is 0.271 e. The summed E-state index contributed by atoms with van der Waals surface area (Å²) in [5, 5.41) is 7.02. The van der Waals surface area contributed by atoms with Crippen LogP contribution in [0.3, 0.4) is 0 Å². The van der Waals surface area contributed by atoms with E-state index in [1.165, 1.54) is 13.3 Å². The molecule has 0 unspecified atom stereocenters. The van der Waals surface area contributed by atoms with Crippen LogP contribution < -0.4 is 25.0 Å². The zero-order valence-electron chi connectivity index (χ0n) is 19.9. The Hall–Kier alpha value is -4.30. The molecule has 0 aliphatic carbocycles. The predicted molar refractivity (Wildman–Crippen MR) is 141 cm³/mol. The van der Waals surface area contributed by atoms with Crippen LogP contribution in [0.4, 0.5) is 5.69 Å². The fourth-order valence-corrected chi connectivity index (χ4v) is 3.24. The second-order valence-corrected chi connectivity index (χ2v) is 7.96. The summed E-state index contributed by atoms with van der Waals surface area (Å²) >= 11 is 6.27. The van der Waals surface area contributed by atoms with Crippen LogP contribution in [0.5, 0.6) is 17.2 Å². The number of aryl methyl sites for hydroxylation is 1.